The maximum atomic E-state index is 14.8. The van der Waals surface area contributed by atoms with Crippen LogP contribution in [0.15, 0.2) is 16.9 Å². The number of fused-ring (bicyclic) bond motifs is 5. The number of benzene rings is 1. The van der Waals surface area contributed by atoms with Gasteiger partial charge in [-0.3, -0.25) is 9.59 Å². The fourth-order valence-electron chi connectivity index (χ4n) is 6.38. The molecule has 204 valence electrons. The average molecular weight is 555 g/mol. The van der Waals surface area contributed by atoms with Gasteiger partial charge in [0.15, 0.2) is 17.1 Å². The maximum Gasteiger partial charge on any atom is 0.343 e. The summed E-state index contributed by atoms with van der Waals surface area (Å²) in [5.41, 5.74) is 0.799. The van der Waals surface area contributed by atoms with Crippen LogP contribution in [0, 0.1) is 6.92 Å². The minimum Gasteiger partial charge on any atom is -0.458 e. The molecule has 0 bridgehead atoms. The van der Waals surface area contributed by atoms with Crippen molar-refractivity contribution >= 4 is 34.3 Å². The van der Waals surface area contributed by atoms with Crippen LogP contribution in [0.25, 0.3) is 22.3 Å². The highest BCUT2D eigenvalue weighted by Crippen LogP contribution is 2.48. The highest BCUT2D eigenvalue weighted by molar-refractivity contribution is 6.32. The van der Waals surface area contributed by atoms with Gasteiger partial charge in [0.1, 0.15) is 6.61 Å². The highest BCUT2D eigenvalue weighted by atomic mass is 35.5. The van der Waals surface area contributed by atoms with Crippen LogP contribution in [0.5, 0.6) is 0 Å². The Balaban J connectivity index is 1.62. The van der Waals surface area contributed by atoms with Crippen LogP contribution in [-0.2, 0) is 39.5 Å². The molecule has 0 radical (unpaired) electrons. The Labute approximate surface area is 228 Å². The zero-order valence-corrected chi connectivity index (χ0v) is 22.6. The van der Waals surface area contributed by atoms with Gasteiger partial charge in [0, 0.05) is 28.0 Å². The molecule has 3 atom stereocenters. The first-order valence-corrected chi connectivity index (χ1v) is 13.4. The van der Waals surface area contributed by atoms with Gasteiger partial charge in [0.25, 0.3) is 5.56 Å². The number of carbonyl (C=O) groups is 2. The summed E-state index contributed by atoms with van der Waals surface area (Å²) < 4.78 is 21.5. The van der Waals surface area contributed by atoms with Crippen LogP contribution < -0.4 is 5.56 Å². The summed E-state index contributed by atoms with van der Waals surface area (Å²) in [6.45, 7) is 3.69. The molecule has 2 aliphatic heterocycles. The molecule has 1 unspecified atom stereocenters. The SMILES string of the molecule is CC[C@@]1(O)C(=O)OCc2c1cc1n(c2=O)Cc2c-1nc1cc(Cl)c(C)c3c1c2[C@@H](CC(=O)C(C)(F)CO)CC3. The molecule has 39 heavy (non-hydrogen) atoms. The first-order valence-electron chi connectivity index (χ1n) is 13.1. The Bertz CT molecular complexity index is 1680. The lowest BCUT2D eigenvalue weighted by Gasteiger charge is -2.31. The second kappa shape index (κ2) is 8.68. The summed E-state index contributed by atoms with van der Waals surface area (Å²) >= 11 is 6.58. The molecule has 3 aliphatic rings. The quantitative estimate of drug-likeness (QED) is 0.361. The molecule has 3 aromatic rings. The van der Waals surface area contributed by atoms with Gasteiger partial charge in [0.2, 0.25) is 0 Å². The minimum atomic E-state index is -2.36. The molecule has 0 fully saturated rings. The fourth-order valence-corrected chi connectivity index (χ4v) is 6.60. The number of rotatable bonds is 5. The van der Waals surface area contributed by atoms with E-state index in [1.807, 2.05) is 6.92 Å². The van der Waals surface area contributed by atoms with E-state index in [9.17, 15) is 29.0 Å². The van der Waals surface area contributed by atoms with E-state index in [-0.39, 0.29) is 48.6 Å². The Hall–Kier alpha value is -3.14. The predicted octanol–water partition coefficient (Wildman–Crippen LogP) is 3.75. The van der Waals surface area contributed by atoms with E-state index in [2.05, 4.69) is 0 Å². The summed E-state index contributed by atoms with van der Waals surface area (Å²) in [5, 5.41) is 22.0. The number of aliphatic hydroxyl groups excluding tert-OH is 1. The monoisotopic (exact) mass is 554 g/mol. The van der Waals surface area contributed by atoms with Gasteiger partial charge in [-0.25, -0.2) is 14.2 Å². The van der Waals surface area contributed by atoms with Crippen LogP contribution in [0.4, 0.5) is 4.39 Å². The number of cyclic esters (lactones) is 1. The number of pyridine rings is 2. The number of Topliss-reactive ketones (excluding diaryl/α,β-unsaturated/α-hetero) is 1. The van der Waals surface area contributed by atoms with E-state index in [4.69, 9.17) is 21.3 Å². The molecule has 4 heterocycles. The first kappa shape index (κ1) is 26.1. The van der Waals surface area contributed by atoms with E-state index in [1.165, 1.54) is 0 Å². The molecule has 1 aromatic carbocycles. The number of hydrogen-bond donors (Lipinski definition) is 2. The molecule has 10 heteroatoms. The number of hydrogen-bond acceptors (Lipinski definition) is 7. The largest absolute Gasteiger partial charge is 0.458 e. The topological polar surface area (TPSA) is 119 Å². The molecule has 2 N–H and O–H groups in total. The lowest BCUT2D eigenvalue weighted by atomic mass is 9.75. The van der Waals surface area contributed by atoms with Crippen molar-refractivity contribution in [2.24, 2.45) is 0 Å². The van der Waals surface area contributed by atoms with Gasteiger partial charge in [-0.1, -0.05) is 18.5 Å². The van der Waals surface area contributed by atoms with Crippen molar-refractivity contribution in [3.05, 3.63) is 60.9 Å². The first-order chi connectivity index (χ1) is 18.4. The Kier molecular flexibility index (Phi) is 5.81. The highest BCUT2D eigenvalue weighted by Gasteiger charge is 2.46. The number of aromatic nitrogens is 2. The van der Waals surface area contributed by atoms with Gasteiger partial charge in [-0.05, 0) is 67.9 Å². The van der Waals surface area contributed by atoms with Gasteiger partial charge in [-0.15, -0.1) is 0 Å². The second-order valence-electron chi connectivity index (χ2n) is 11.0. The number of esters is 1. The van der Waals surface area contributed by atoms with Crippen LogP contribution in [0.2, 0.25) is 5.02 Å². The number of halogens is 2. The number of alkyl halides is 1. The van der Waals surface area contributed by atoms with E-state index in [0.29, 0.717) is 34.8 Å². The van der Waals surface area contributed by atoms with Crippen molar-refractivity contribution < 1.29 is 28.9 Å². The lowest BCUT2D eigenvalue weighted by Crippen LogP contribution is -2.44. The average Bonchev–Trinajstić information content (AvgIpc) is 3.28. The number of nitrogens with zero attached hydrogens (tertiary/aromatic N) is 2. The molecule has 1 aliphatic carbocycles. The summed E-state index contributed by atoms with van der Waals surface area (Å²) in [4.78, 5) is 44.0. The summed E-state index contributed by atoms with van der Waals surface area (Å²) in [6.07, 6.45) is 1.10. The van der Waals surface area contributed by atoms with E-state index < -0.39 is 29.6 Å². The Morgan fingerprint density at radius 2 is 2.05 bits per heavy atom. The standard InChI is InChI=1S/C29H28ClFN2O6/c1-4-29(38)18-8-21-25-16(10-33(21)26(36)17(18)11-39-27(29)37)23-14(7-22(35)28(3,31)12-34)5-6-15-13(2)19(30)9-20(32-25)24(15)23/h8-9,14,34,38H,4-7,10-12H2,1-3H3/t14-,28?,29+/m1/s1. The van der Waals surface area contributed by atoms with Crippen molar-refractivity contribution in [2.45, 2.75) is 76.8 Å². The summed E-state index contributed by atoms with van der Waals surface area (Å²) in [7, 11) is 0. The van der Waals surface area contributed by atoms with Gasteiger partial charge in [-0.2, -0.15) is 0 Å². The number of aryl methyl sites for hydroxylation is 1. The smallest absolute Gasteiger partial charge is 0.343 e. The minimum absolute atomic E-state index is 0.0280. The molecule has 2 aromatic heterocycles. The number of aliphatic hydroxyl groups is 2. The maximum absolute atomic E-state index is 14.8. The summed E-state index contributed by atoms with van der Waals surface area (Å²) in [5.74, 6) is -1.84. The summed E-state index contributed by atoms with van der Waals surface area (Å²) in [6, 6.07) is 3.40. The van der Waals surface area contributed by atoms with E-state index in [0.717, 1.165) is 34.6 Å². The zero-order valence-electron chi connectivity index (χ0n) is 21.9. The Morgan fingerprint density at radius 3 is 2.74 bits per heavy atom. The van der Waals surface area contributed by atoms with E-state index in [1.54, 1.807) is 23.6 Å². The van der Waals surface area contributed by atoms with Gasteiger partial charge < -0.3 is 19.5 Å². The molecule has 0 amide bonds. The van der Waals surface area contributed by atoms with Crippen LogP contribution in [0.1, 0.15) is 72.4 Å². The molecule has 6 rings (SSSR count). The second-order valence-corrected chi connectivity index (χ2v) is 11.4. The molecular formula is C29H28ClFN2O6. The van der Waals surface area contributed by atoms with Crippen molar-refractivity contribution in [1.82, 2.24) is 9.55 Å². The molecule has 8 nitrogen and oxygen atoms in total. The third-order valence-electron chi connectivity index (χ3n) is 8.81. The van der Waals surface area contributed by atoms with Gasteiger partial charge >= 0.3 is 5.97 Å². The van der Waals surface area contributed by atoms with Crippen molar-refractivity contribution in [3.63, 3.8) is 0 Å². The molecule has 0 saturated carbocycles. The van der Waals surface area contributed by atoms with Crippen molar-refractivity contribution in [1.29, 1.82) is 0 Å². The van der Waals surface area contributed by atoms with Crippen LogP contribution >= 0.6 is 11.6 Å². The number of ketones is 1. The third-order valence-corrected chi connectivity index (χ3v) is 9.20. The zero-order chi connectivity index (χ0) is 28.0. The molecule has 0 saturated heterocycles. The molecule has 0 spiro atoms. The normalized spacial score (nSPS) is 22.6. The van der Waals surface area contributed by atoms with Crippen molar-refractivity contribution in [3.8, 4) is 11.4 Å². The van der Waals surface area contributed by atoms with Crippen LogP contribution in [0.3, 0.4) is 0 Å². The third kappa shape index (κ3) is 3.56. The Morgan fingerprint density at radius 1 is 1.31 bits per heavy atom. The van der Waals surface area contributed by atoms with Crippen molar-refractivity contribution in [2.75, 3.05) is 6.61 Å². The lowest BCUT2D eigenvalue weighted by molar-refractivity contribution is -0.172. The molecular weight excluding hydrogens is 527 g/mol. The number of ether oxygens (including phenoxy) is 1. The predicted molar refractivity (Wildman–Crippen MR) is 142 cm³/mol. The number of carbonyl (C=O) groups excluding carboxylic acids is 2. The van der Waals surface area contributed by atoms with E-state index >= 15 is 0 Å². The van der Waals surface area contributed by atoms with Gasteiger partial charge in [0.05, 0.1) is 35.6 Å². The fraction of sp³-hybridized carbons (Fsp3) is 0.448. The van der Waals surface area contributed by atoms with Crippen LogP contribution in [-0.4, -0.2) is 43.8 Å².